The van der Waals surface area contributed by atoms with Crippen molar-refractivity contribution in [2.75, 3.05) is 7.11 Å². The molecular formula is C18H17F3O. The number of methoxy groups -OCH3 is 1. The highest BCUT2D eigenvalue weighted by molar-refractivity contribution is 5.49. The van der Waals surface area contributed by atoms with Crippen LogP contribution in [0.15, 0.2) is 48.5 Å². The van der Waals surface area contributed by atoms with Gasteiger partial charge in [-0.25, -0.2) is 0 Å². The van der Waals surface area contributed by atoms with Crippen LogP contribution in [0.25, 0.3) is 0 Å². The van der Waals surface area contributed by atoms with Crippen LogP contribution in [0.5, 0.6) is 5.75 Å². The summed E-state index contributed by atoms with van der Waals surface area (Å²) in [6, 6.07) is 13.3. The number of hydrogen-bond donors (Lipinski definition) is 0. The van der Waals surface area contributed by atoms with Gasteiger partial charge in [0.1, 0.15) is 11.2 Å². The molecule has 0 radical (unpaired) electrons. The molecule has 0 spiro atoms. The van der Waals surface area contributed by atoms with Crippen LogP contribution in [0, 0.1) is 0 Å². The molecule has 22 heavy (non-hydrogen) atoms. The minimum Gasteiger partial charge on any atom is -0.497 e. The maximum Gasteiger partial charge on any atom is 0.402 e. The van der Waals surface area contributed by atoms with Crippen LogP contribution in [0.3, 0.4) is 0 Å². The molecule has 1 aliphatic rings. The SMILES string of the molecule is COc1cccc(C2(C(F)(F)F)CCCc3ccccc32)c1. The van der Waals surface area contributed by atoms with E-state index in [1.165, 1.54) is 13.2 Å². The van der Waals surface area contributed by atoms with E-state index in [0.717, 1.165) is 5.56 Å². The number of ether oxygens (including phenoxy) is 1. The molecule has 116 valence electrons. The fourth-order valence-corrected chi connectivity index (χ4v) is 3.48. The van der Waals surface area contributed by atoms with Gasteiger partial charge >= 0.3 is 6.18 Å². The molecule has 0 amide bonds. The number of fused-ring (bicyclic) bond motifs is 1. The molecule has 0 aromatic heterocycles. The number of alkyl halides is 3. The van der Waals surface area contributed by atoms with E-state index in [-0.39, 0.29) is 12.0 Å². The monoisotopic (exact) mass is 306 g/mol. The Morgan fingerprint density at radius 3 is 2.55 bits per heavy atom. The van der Waals surface area contributed by atoms with Crippen LogP contribution < -0.4 is 4.74 Å². The summed E-state index contributed by atoms with van der Waals surface area (Å²) in [4.78, 5) is 0. The topological polar surface area (TPSA) is 9.23 Å². The predicted octanol–water partition coefficient (Wildman–Crippen LogP) is 4.88. The maximum atomic E-state index is 14.2. The molecule has 2 aromatic carbocycles. The third-order valence-electron chi connectivity index (χ3n) is 4.52. The number of benzene rings is 2. The van der Waals surface area contributed by atoms with E-state index in [1.807, 2.05) is 0 Å². The first-order valence-corrected chi connectivity index (χ1v) is 7.29. The largest absolute Gasteiger partial charge is 0.497 e. The van der Waals surface area contributed by atoms with Crippen LogP contribution in [0.4, 0.5) is 13.2 Å². The predicted molar refractivity (Wildman–Crippen MR) is 79.2 cm³/mol. The van der Waals surface area contributed by atoms with E-state index in [0.29, 0.717) is 24.2 Å². The van der Waals surface area contributed by atoms with E-state index < -0.39 is 11.6 Å². The van der Waals surface area contributed by atoms with E-state index >= 15 is 0 Å². The third kappa shape index (κ3) is 2.18. The summed E-state index contributed by atoms with van der Waals surface area (Å²) in [5.74, 6) is 0.448. The zero-order chi connectivity index (χ0) is 15.8. The van der Waals surface area contributed by atoms with Crippen LogP contribution >= 0.6 is 0 Å². The minimum absolute atomic E-state index is 0.0701. The van der Waals surface area contributed by atoms with Gasteiger partial charge in [-0.3, -0.25) is 0 Å². The molecule has 0 fully saturated rings. The number of rotatable bonds is 2. The van der Waals surface area contributed by atoms with Crippen LogP contribution in [0.2, 0.25) is 0 Å². The van der Waals surface area contributed by atoms with E-state index in [9.17, 15) is 13.2 Å². The van der Waals surface area contributed by atoms with Crippen molar-refractivity contribution in [3.8, 4) is 5.75 Å². The Hall–Kier alpha value is -1.97. The highest BCUT2D eigenvalue weighted by atomic mass is 19.4. The first kappa shape index (κ1) is 14.9. The second kappa shape index (κ2) is 5.34. The summed E-state index contributed by atoms with van der Waals surface area (Å²) in [6.07, 6.45) is -3.07. The second-order valence-electron chi connectivity index (χ2n) is 5.65. The van der Waals surface area contributed by atoms with Gasteiger partial charge in [0.25, 0.3) is 0 Å². The molecule has 0 saturated carbocycles. The molecule has 3 rings (SSSR count). The van der Waals surface area contributed by atoms with E-state index in [1.54, 1.807) is 42.5 Å². The summed E-state index contributed by atoms with van der Waals surface area (Å²) in [5, 5.41) is 0. The Labute approximate surface area is 127 Å². The zero-order valence-corrected chi connectivity index (χ0v) is 12.3. The molecule has 0 aliphatic heterocycles. The van der Waals surface area contributed by atoms with Crippen LogP contribution in [-0.2, 0) is 11.8 Å². The molecule has 0 saturated heterocycles. The second-order valence-corrected chi connectivity index (χ2v) is 5.65. The minimum atomic E-state index is -4.35. The Morgan fingerprint density at radius 1 is 1.05 bits per heavy atom. The van der Waals surface area contributed by atoms with Gasteiger partial charge in [-0.1, -0.05) is 36.4 Å². The summed E-state index contributed by atoms with van der Waals surface area (Å²) in [6.45, 7) is 0. The molecule has 4 heteroatoms. The molecule has 1 atom stereocenters. The fourth-order valence-electron chi connectivity index (χ4n) is 3.48. The van der Waals surface area contributed by atoms with Gasteiger partial charge in [-0.2, -0.15) is 13.2 Å². The van der Waals surface area contributed by atoms with Gasteiger partial charge in [0.05, 0.1) is 7.11 Å². The molecule has 1 unspecified atom stereocenters. The van der Waals surface area contributed by atoms with Gasteiger partial charge in [0, 0.05) is 0 Å². The van der Waals surface area contributed by atoms with Crippen molar-refractivity contribution in [1.29, 1.82) is 0 Å². The van der Waals surface area contributed by atoms with Crippen molar-refractivity contribution in [1.82, 2.24) is 0 Å². The highest BCUT2D eigenvalue weighted by Gasteiger charge is 2.58. The van der Waals surface area contributed by atoms with Gasteiger partial charge in [-0.05, 0) is 48.1 Å². The first-order valence-electron chi connectivity index (χ1n) is 7.29. The van der Waals surface area contributed by atoms with Crippen molar-refractivity contribution in [3.63, 3.8) is 0 Å². The standard InChI is InChI=1S/C18H17F3O/c1-22-15-9-4-8-14(12-15)17(18(19,20)21)11-5-7-13-6-2-3-10-16(13)17/h2-4,6,8-10,12H,5,7,11H2,1H3. The molecule has 1 nitrogen and oxygen atoms in total. The maximum absolute atomic E-state index is 14.2. The average Bonchev–Trinajstić information content (AvgIpc) is 2.53. The third-order valence-corrected chi connectivity index (χ3v) is 4.52. The van der Waals surface area contributed by atoms with Crippen LogP contribution in [-0.4, -0.2) is 13.3 Å². The lowest BCUT2D eigenvalue weighted by atomic mass is 9.65. The normalized spacial score (nSPS) is 21.3. The van der Waals surface area contributed by atoms with Gasteiger partial charge < -0.3 is 4.74 Å². The van der Waals surface area contributed by atoms with Crippen molar-refractivity contribution in [2.24, 2.45) is 0 Å². The molecule has 0 heterocycles. The van der Waals surface area contributed by atoms with Crippen LogP contribution in [0.1, 0.15) is 29.5 Å². The van der Waals surface area contributed by atoms with Crippen molar-refractivity contribution >= 4 is 0 Å². The zero-order valence-electron chi connectivity index (χ0n) is 12.3. The summed E-state index contributed by atoms with van der Waals surface area (Å²) in [5.41, 5.74) is -0.529. The number of hydrogen-bond acceptors (Lipinski definition) is 1. The molecular weight excluding hydrogens is 289 g/mol. The van der Waals surface area contributed by atoms with E-state index in [2.05, 4.69) is 0 Å². The Bertz CT molecular complexity index is 678. The quantitative estimate of drug-likeness (QED) is 0.768. The van der Waals surface area contributed by atoms with Crippen molar-refractivity contribution < 1.29 is 17.9 Å². The lowest BCUT2D eigenvalue weighted by molar-refractivity contribution is -0.182. The number of halogens is 3. The fraction of sp³-hybridized carbons (Fsp3) is 0.333. The van der Waals surface area contributed by atoms with Gasteiger partial charge in [0.2, 0.25) is 0 Å². The van der Waals surface area contributed by atoms with Crippen molar-refractivity contribution in [3.05, 3.63) is 65.2 Å². The Morgan fingerprint density at radius 2 is 1.82 bits per heavy atom. The molecule has 2 aromatic rings. The Kier molecular flexibility index (Phi) is 3.63. The van der Waals surface area contributed by atoms with Crippen molar-refractivity contribution in [2.45, 2.75) is 30.9 Å². The lowest BCUT2D eigenvalue weighted by Crippen LogP contribution is -2.45. The average molecular weight is 306 g/mol. The Balaban J connectivity index is 2.28. The summed E-state index contributed by atoms with van der Waals surface area (Å²) in [7, 11) is 1.47. The smallest absolute Gasteiger partial charge is 0.402 e. The summed E-state index contributed by atoms with van der Waals surface area (Å²) < 4.78 is 47.6. The first-order chi connectivity index (χ1) is 10.5. The molecule has 0 N–H and O–H groups in total. The lowest BCUT2D eigenvalue weighted by Gasteiger charge is -2.41. The highest BCUT2D eigenvalue weighted by Crippen LogP contribution is 2.53. The van der Waals surface area contributed by atoms with Gasteiger partial charge in [-0.15, -0.1) is 0 Å². The van der Waals surface area contributed by atoms with Gasteiger partial charge in [0.15, 0.2) is 0 Å². The number of aryl methyl sites for hydroxylation is 1. The molecule has 0 bridgehead atoms. The van der Waals surface area contributed by atoms with E-state index in [4.69, 9.17) is 4.74 Å². The summed E-state index contributed by atoms with van der Waals surface area (Å²) >= 11 is 0. The molecule has 1 aliphatic carbocycles.